The zero-order valence-electron chi connectivity index (χ0n) is 14.0. The topological polar surface area (TPSA) is 128 Å². The van der Waals surface area contributed by atoms with E-state index in [0.29, 0.717) is 0 Å². The summed E-state index contributed by atoms with van der Waals surface area (Å²) >= 11 is 0. The van der Waals surface area contributed by atoms with E-state index in [4.69, 9.17) is 9.88 Å². The molecule has 8 nitrogen and oxygen atoms in total. The number of amides is 2. The summed E-state index contributed by atoms with van der Waals surface area (Å²) in [7, 11) is -3.72. The molecule has 1 aromatic rings. The van der Waals surface area contributed by atoms with Gasteiger partial charge in [-0.25, -0.2) is 18.4 Å². The molecule has 0 aliphatic rings. The van der Waals surface area contributed by atoms with E-state index in [1.165, 1.54) is 12.1 Å². The molecule has 0 saturated carbocycles. The van der Waals surface area contributed by atoms with Crippen LogP contribution in [0.15, 0.2) is 29.2 Å². The lowest BCUT2D eigenvalue weighted by Crippen LogP contribution is -2.35. The molecule has 0 atom stereocenters. The first-order valence-electron chi connectivity index (χ1n) is 7.33. The number of carbonyl (C=O) groups is 2. The quantitative estimate of drug-likeness (QED) is 0.696. The highest BCUT2D eigenvalue weighted by molar-refractivity contribution is 7.89. The molecule has 0 heterocycles. The first-order chi connectivity index (χ1) is 11.0. The van der Waals surface area contributed by atoms with Crippen LogP contribution >= 0.6 is 0 Å². The molecule has 4 N–H and O–H groups in total. The highest BCUT2D eigenvalue weighted by Gasteiger charge is 2.15. The second kappa shape index (κ2) is 8.11. The smallest absolute Gasteiger partial charge is 0.407 e. The summed E-state index contributed by atoms with van der Waals surface area (Å²) in [6.45, 7) is 5.66. The minimum Gasteiger partial charge on any atom is -0.444 e. The van der Waals surface area contributed by atoms with Crippen molar-refractivity contribution in [1.29, 1.82) is 0 Å². The Bertz CT molecular complexity index is 678. The van der Waals surface area contributed by atoms with Crippen LogP contribution in [0.2, 0.25) is 0 Å². The van der Waals surface area contributed by atoms with E-state index in [9.17, 15) is 18.0 Å². The molecule has 0 bridgehead atoms. The number of carbonyl (C=O) groups excluding carboxylic acids is 2. The molecule has 1 aromatic carbocycles. The van der Waals surface area contributed by atoms with Gasteiger partial charge in [0.2, 0.25) is 15.9 Å². The lowest BCUT2D eigenvalue weighted by molar-refractivity contribution is -0.121. The van der Waals surface area contributed by atoms with E-state index in [0.717, 1.165) is 5.56 Å². The molecule has 1 rings (SSSR count). The average molecular weight is 357 g/mol. The average Bonchev–Trinajstić information content (AvgIpc) is 2.42. The molecular formula is C15H23N3O5S. The van der Waals surface area contributed by atoms with Crippen molar-refractivity contribution in [2.75, 3.05) is 6.54 Å². The molecule has 0 aliphatic heterocycles. The van der Waals surface area contributed by atoms with Crippen LogP contribution in [-0.2, 0) is 26.1 Å². The third-order valence-electron chi connectivity index (χ3n) is 2.76. The van der Waals surface area contributed by atoms with E-state index in [1.807, 2.05) is 0 Å². The molecule has 2 amide bonds. The van der Waals surface area contributed by atoms with E-state index in [1.54, 1.807) is 32.9 Å². The maximum absolute atomic E-state index is 11.7. The monoisotopic (exact) mass is 357 g/mol. The lowest BCUT2D eigenvalue weighted by Gasteiger charge is -2.19. The standard InChI is InChI=1S/C15H23N3O5S/c1-15(2,3)23-14(20)17-9-8-13(19)18-10-11-4-6-12(7-5-11)24(16,21)22/h4-7H,8-10H2,1-3H3,(H,17,20)(H,18,19)(H2,16,21,22). The number of hydrogen-bond acceptors (Lipinski definition) is 5. The SMILES string of the molecule is CC(C)(C)OC(=O)NCCC(=O)NCc1ccc(S(N)(=O)=O)cc1. The minimum atomic E-state index is -3.72. The van der Waals surface area contributed by atoms with Crippen LogP contribution in [-0.4, -0.2) is 32.6 Å². The Hall–Kier alpha value is -2.13. The molecule has 0 aliphatic carbocycles. The van der Waals surface area contributed by atoms with Crippen molar-refractivity contribution in [3.8, 4) is 0 Å². The molecule has 0 spiro atoms. The molecule has 9 heteroatoms. The fourth-order valence-corrected chi connectivity index (χ4v) is 2.19. The van der Waals surface area contributed by atoms with Gasteiger partial charge >= 0.3 is 6.09 Å². The van der Waals surface area contributed by atoms with Gasteiger partial charge in [0.05, 0.1) is 4.90 Å². The highest BCUT2D eigenvalue weighted by atomic mass is 32.2. The summed E-state index contributed by atoms with van der Waals surface area (Å²) in [6, 6.07) is 5.89. The lowest BCUT2D eigenvalue weighted by atomic mass is 10.2. The van der Waals surface area contributed by atoms with Crippen LogP contribution in [0, 0.1) is 0 Å². The number of sulfonamides is 1. The normalized spacial score (nSPS) is 11.7. The fourth-order valence-electron chi connectivity index (χ4n) is 1.68. The van der Waals surface area contributed by atoms with Crippen molar-refractivity contribution in [3.05, 3.63) is 29.8 Å². The summed E-state index contributed by atoms with van der Waals surface area (Å²) in [5.74, 6) is -0.249. The van der Waals surface area contributed by atoms with E-state index >= 15 is 0 Å². The largest absolute Gasteiger partial charge is 0.444 e. The zero-order valence-corrected chi connectivity index (χ0v) is 14.8. The van der Waals surface area contributed by atoms with Crippen LogP contribution in [0.5, 0.6) is 0 Å². The van der Waals surface area contributed by atoms with Gasteiger partial charge in [0.1, 0.15) is 5.60 Å². The number of alkyl carbamates (subject to hydrolysis) is 1. The van der Waals surface area contributed by atoms with Crippen molar-refractivity contribution in [2.45, 2.75) is 44.2 Å². The molecule has 0 saturated heterocycles. The van der Waals surface area contributed by atoms with Gasteiger partial charge in [-0.3, -0.25) is 4.79 Å². The maximum Gasteiger partial charge on any atom is 0.407 e. The Balaban J connectivity index is 2.33. The van der Waals surface area contributed by atoms with Crippen LogP contribution < -0.4 is 15.8 Å². The third-order valence-corrected chi connectivity index (χ3v) is 3.69. The Morgan fingerprint density at radius 2 is 1.71 bits per heavy atom. The molecule has 0 aromatic heterocycles. The van der Waals surface area contributed by atoms with Crippen LogP contribution in [0.1, 0.15) is 32.8 Å². The number of primary sulfonamides is 1. The van der Waals surface area contributed by atoms with Gasteiger partial charge in [-0.15, -0.1) is 0 Å². The van der Waals surface area contributed by atoms with Gasteiger partial charge in [0.25, 0.3) is 0 Å². The van der Waals surface area contributed by atoms with Crippen molar-refractivity contribution in [2.24, 2.45) is 5.14 Å². The van der Waals surface area contributed by atoms with Gasteiger partial charge in [-0.2, -0.15) is 0 Å². The van der Waals surface area contributed by atoms with Gasteiger partial charge in [-0.05, 0) is 38.5 Å². The van der Waals surface area contributed by atoms with Gasteiger partial charge < -0.3 is 15.4 Å². The molecule has 0 unspecified atom stereocenters. The Morgan fingerprint density at radius 3 is 2.21 bits per heavy atom. The molecular weight excluding hydrogens is 334 g/mol. The van der Waals surface area contributed by atoms with E-state index < -0.39 is 21.7 Å². The number of nitrogens with one attached hydrogen (secondary N) is 2. The third kappa shape index (κ3) is 7.93. The van der Waals surface area contributed by atoms with Crippen molar-refractivity contribution in [1.82, 2.24) is 10.6 Å². The molecule has 0 radical (unpaired) electrons. The maximum atomic E-state index is 11.7. The molecule has 24 heavy (non-hydrogen) atoms. The van der Waals surface area contributed by atoms with Crippen LogP contribution in [0.3, 0.4) is 0 Å². The summed E-state index contributed by atoms with van der Waals surface area (Å²) in [4.78, 5) is 23.1. The summed E-state index contributed by atoms with van der Waals surface area (Å²) in [5, 5.41) is 10.2. The Kier molecular flexibility index (Phi) is 6.73. The summed E-state index contributed by atoms with van der Waals surface area (Å²) < 4.78 is 27.3. The number of nitrogens with two attached hydrogens (primary N) is 1. The predicted molar refractivity (Wildman–Crippen MR) is 88.5 cm³/mol. The zero-order chi connectivity index (χ0) is 18.4. The summed E-state index contributed by atoms with van der Waals surface area (Å²) in [6.07, 6.45) is -0.469. The fraction of sp³-hybridized carbons (Fsp3) is 0.467. The van der Waals surface area contributed by atoms with Crippen LogP contribution in [0.25, 0.3) is 0 Å². The number of rotatable bonds is 6. The predicted octanol–water partition coefficient (Wildman–Crippen LogP) is 0.865. The first kappa shape index (κ1) is 19.9. The number of hydrogen-bond donors (Lipinski definition) is 3. The number of ether oxygens (including phenoxy) is 1. The second-order valence-corrected chi connectivity index (χ2v) is 7.71. The molecule has 0 fully saturated rings. The molecule has 134 valence electrons. The van der Waals surface area contributed by atoms with E-state index in [2.05, 4.69) is 10.6 Å². The second-order valence-electron chi connectivity index (χ2n) is 6.14. The Labute approximate surface area is 141 Å². The van der Waals surface area contributed by atoms with Gasteiger partial charge in [0.15, 0.2) is 0 Å². The Morgan fingerprint density at radius 1 is 1.12 bits per heavy atom. The van der Waals surface area contributed by atoms with Crippen molar-refractivity contribution in [3.63, 3.8) is 0 Å². The van der Waals surface area contributed by atoms with Gasteiger partial charge in [-0.1, -0.05) is 12.1 Å². The van der Waals surface area contributed by atoms with Crippen molar-refractivity contribution < 1.29 is 22.7 Å². The van der Waals surface area contributed by atoms with Gasteiger partial charge in [0, 0.05) is 19.5 Å². The van der Waals surface area contributed by atoms with Crippen LogP contribution in [0.4, 0.5) is 4.79 Å². The minimum absolute atomic E-state index is 0.0131. The van der Waals surface area contributed by atoms with E-state index in [-0.39, 0.29) is 30.3 Å². The highest BCUT2D eigenvalue weighted by Crippen LogP contribution is 2.08. The summed E-state index contributed by atoms with van der Waals surface area (Å²) in [5.41, 5.74) is 0.144. The van der Waals surface area contributed by atoms with Crippen molar-refractivity contribution >= 4 is 22.0 Å². The first-order valence-corrected chi connectivity index (χ1v) is 8.87. The number of benzene rings is 1.